The van der Waals surface area contributed by atoms with Crippen molar-refractivity contribution in [3.05, 3.63) is 199 Å². The van der Waals surface area contributed by atoms with E-state index in [9.17, 15) is 0 Å². The summed E-state index contributed by atoms with van der Waals surface area (Å²) in [6.45, 7) is 4.69. The smallest absolute Gasteiger partial charge is 0.0468 e. The molecule has 1 aromatic heterocycles. The van der Waals surface area contributed by atoms with Gasteiger partial charge in [0.2, 0.25) is 0 Å². The molecule has 252 valence electrons. The van der Waals surface area contributed by atoms with Crippen molar-refractivity contribution in [1.82, 2.24) is 0 Å². The second kappa shape index (κ2) is 12.5. The number of benzene rings is 8. The van der Waals surface area contributed by atoms with E-state index < -0.39 is 0 Å². The molecule has 10 rings (SSSR count). The number of thiophene rings is 1. The maximum absolute atomic E-state index is 2.42. The second-order valence-electron chi connectivity index (χ2n) is 14.6. The molecule has 9 aromatic rings. The van der Waals surface area contributed by atoms with E-state index in [0.29, 0.717) is 0 Å². The van der Waals surface area contributed by atoms with Crippen LogP contribution in [0, 0.1) is 0 Å². The molecule has 1 heterocycles. The number of fused-ring (bicyclic) bond motifs is 6. The standard InChI is InChI=1S/C51H37NS/c1-51(2)47-20-8-6-18-43(47)45-33-42(27-28-48(45)51)52(40-25-22-35(23-26-40)37-15-10-14-36(30-37)34-12-4-3-5-13-34)41-17-11-16-38(31-41)39-24-29-50-46(32-39)44-19-7-9-21-49(44)53-50/h3-33H,1-2H3. The molecular weight excluding hydrogens is 659 g/mol. The molecule has 1 nitrogen and oxygen atoms in total. The Bertz CT molecular complexity index is 2810. The van der Waals surface area contributed by atoms with Gasteiger partial charge >= 0.3 is 0 Å². The molecule has 2 heteroatoms. The van der Waals surface area contributed by atoms with Gasteiger partial charge in [-0.15, -0.1) is 11.3 Å². The summed E-state index contributed by atoms with van der Waals surface area (Å²) in [6.07, 6.45) is 0. The van der Waals surface area contributed by atoms with Crippen LogP contribution in [0.15, 0.2) is 188 Å². The lowest BCUT2D eigenvalue weighted by molar-refractivity contribution is 0.660. The second-order valence-corrected chi connectivity index (χ2v) is 15.7. The molecule has 0 radical (unpaired) electrons. The van der Waals surface area contributed by atoms with Gasteiger partial charge in [-0.3, -0.25) is 0 Å². The lowest BCUT2D eigenvalue weighted by Gasteiger charge is -2.28. The van der Waals surface area contributed by atoms with Crippen LogP contribution in [-0.4, -0.2) is 0 Å². The van der Waals surface area contributed by atoms with Crippen LogP contribution < -0.4 is 4.90 Å². The summed E-state index contributed by atoms with van der Waals surface area (Å²) in [4.78, 5) is 2.42. The summed E-state index contributed by atoms with van der Waals surface area (Å²) >= 11 is 1.86. The summed E-state index contributed by atoms with van der Waals surface area (Å²) in [6, 6.07) is 69.1. The zero-order valence-electron chi connectivity index (χ0n) is 29.8. The van der Waals surface area contributed by atoms with Gasteiger partial charge in [0, 0.05) is 42.6 Å². The van der Waals surface area contributed by atoms with Crippen molar-refractivity contribution >= 4 is 48.6 Å². The molecule has 0 aliphatic heterocycles. The highest BCUT2D eigenvalue weighted by Crippen LogP contribution is 2.51. The first-order chi connectivity index (χ1) is 26.0. The Labute approximate surface area is 315 Å². The first kappa shape index (κ1) is 31.5. The monoisotopic (exact) mass is 695 g/mol. The van der Waals surface area contributed by atoms with Gasteiger partial charge in [0.25, 0.3) is 0 Å². The minimum Gasteiger partial charge on any atom is -0.310 e. The quantitative estimate of drug-likeness (QED) is 0.167. The van der Waals surface area contributed by atoms with Crippen LogP contribution >= 0.6 is 11.3 Å². The van der Waals surface area contributed by atoms with Crippen LogP contribution in [0.2, 0.25) is 0 Å². The molecule has 0 N–H and O–H groups in total. The van der Waals surface area contributed by atoms with Gasteiger partial charge in [-0.1, -0.05) is 141 Å². The number of rotatable bonds is 6. The van der Waals surface area contributed by atoms with Crippen molar-refractivity contribution in [2.75, 3.05) is 4.90 Å². The number of hydrogen-bond donors (Lipinski definition) is 0. The fraction of sp³-hybridized carbons (Fsp3) is 0.0588. The van der Waals surface area contributed by atoms with Crippen LogP contribution in [0.1, 0.15) is 25.0 Å². The van der Waals surface area contributed by atoms with Crippen LogP contribution in [0.4, 0.5) is 17.1 Å². The normalized spacial score (nSPS) is 12.9. The fourth-order valence-corrected chi connectivity index (χ4v) is 9.42. The molecule has 0 saturated carbocycles. The fourth-order valence-electron chi connectivity index (χ4n) is 8.34. The van der Waals surface area contributed by atoms with Gasteiger partial charge in [0.1, 0.15) is 0 Å². The predicted molar refractivity (Wildman–Crippen MR) is 228 cm³/mol. The molecule has 0 atom stereocenters. The molecule has 8 aromatic carbocycles. The number of nitrogens with zero attached hydrogens (tertiary/aromatic N) is 1. The van der Waals surface area contributed by atoms with Crippen LogP contribution in [0.3, 0.4) is 0 Å². The molecule has 0 saturated heterocycles. The molecule has 1 aliphatic rings. The highest BCUT2D eigenvalue weighted by Gasteiger charge is 2.35. The maximum atomic E-state index is 2.42. The molecule has 53 heavy (non-hydrogen) atoms. The van der Waals surface area contributed by atoms with E-state index in [-0.39, 0.29) is 5.41 Å². The Balaban J connectivity index is 1.09. The van der Waals surface area contributed by atoms with Gasteiger partial charge in [0.05, 0.1) is 0 Å². The molecule has 0 fully saturated rings. The van der Waals surface area contributed by atoms with Gasteiger partial charge in [0.15, 0.2) is 0 Å². The lowest BCUT2D eigenvalue weighted by Crippen LogP contribution is -2.15. The van der Waals surface area contributed by atoms with Crippen molar-refractivity contribution < 1.29 is 0 Å². The Morgan fingerprint density at radius 1 is 0.358 bits per heavy atom. The minimum atomic E-state index is -0.0460. The Morgan fingerprint density at radius 2 is 0.925 bits per heavy atom. The van der Waals surface area contributed by atoms with Gasteiger partial charge < -0.3 is 4.90 Å². The van der Waals surface area contributed by atoms with E-state index in [4.69, 9.17) is 0 Å². The predicted octanol–water partition coefficient (Wildman–Crippen LogP) is 14.8. The Kier molecular flexibility index (Phi) is 7.42. The summed E-state index contributed by atoms with van der Waals surface area (Å²) in [5, 5.41) is 2.64. The van der Waals surface area contributed by atoms with E-state index >= 15 is 0 Å². The highest BCUT2D eigenvalue weighted by molar-refractivity contribution is 7.25. The van der Waals surface area contributed by atoms with Crippen LogP contribution in [0.25, 0.3) is 64.7 Å². The zero-order valence-corrected chi connectivity index (χ0v) is 30.6. The summed E-state index contributed by atoms with van der Waals surface area (Å²) in [7, 11) is 0. The minimum absolute atomic E-state index is 0.0460. The third-order valence-corrected chi connectivity index (χ3v) is 12.2. The first-order valence-corrected chi connectivity index (χ1v) is 19.2. The molecule has 0 spiro atoms. The van der Waals surface area contributed by atoms with Crippen LogP contribution in [0.5, 0.6) is 0 Å². The van der Waals surface area contributed by atoms with Gasteiger partial charge in [-0.2, -0.15) is 0 Å². The zero-order chi connectivity index (χ0) is 35.5. The first-order valence-electron chi connectivity index (χ1n) is 18.3. The Hall–Kier alpha value is -6.22. The Morgan fingerprint density at radius 3 is 1.75 bits per heavy atom. The topological polar surface area (TPSA) is 3.24 Å². The average molecular weight is 696 g/mol. The van der Waals surface area contributed by atoms with Crippen molar-refractivity contribution in [3.63, 3.8) is 0 Å². The van der Waals surface area contributed by atoms with Crippen molar-refractivity contribution in [2.24, 2.45) is 0 Å². The third kappa shape index (κ3) is 5.37. The average Bonchev–Trinajstić information content (AvgIpc) is 3.70. The largest absolute Gasteiger partial charge is 0.310 e. The van der Waals surface area contributed by atoms with E-state index in [2.05, 4.69) is 207 Å². The van der Waals surface area contributed by atoms with Crippen molar-refractivity contribution in [2.45, 2.75) is 19.3 Å². The summed E-state index contributed by atoms with van der Waals surface area (Å²) < 4.78 is 2.65. The van der Waals surface area contributed by atoms with Crippen molar-refractivity contribution in [1.29, 1.82) is 0 Å². The SMILES string of the molecule is CC1(C)c2ccccc2-c2cc(N(c3ccc(-c4cccc(-c5ccccc5)c4)cc3)c3cccc(-c4ccc5sc6ccccc6c5c4)c3)ccc21. The third-order valence-electron chi connectivity index (χ3n) is 11.1. The van der Waals surface area contributed by atoms with E-state index in [1.54, 1.807) is 0 Å². The molecule has 0 unspecified atom stereocenters. The van der Waals surface area contributed by atoms with E-state index in [1.807, 2.05) is 11.3 Å². The number of anilines is 3. The number of hydrogen-bond acceptors (Lipinski definition) is 2. The van der Waals surface area contributed by atoms with E-state index in [0.717, 1.165) is 17.1 Å². The van der Waals surface area contributed by atoms with Crippen LogP contribution in [-0.2, 0) is 5.41 Å². The van der Waals surface area contributed by atoms with Gasteiger partial charge in [-0.05, 0) is 116 Å². The maximum Gasteiger partial charge on any atom is 0.0468 e. The molecule has 1 aliphatic carbocycles. The molecule has 0 bridgehead atoms. The summed E-state index contributed by atoms with van der Waals surface area (Å²) in [5.41, 5.74) is 16.0. The summed E-state index contributed by atoms with van der Waals surface area (Å²) in [5.74, 6) is 0. The molecular formula is C51H37NS. The lowest BCUT2D eigenvalue weighted by atomic mass is 9.82. The van der Waals surface area contributed by atoms with E-state index in [1.165, 1.54) is 75.8 Å². The molecule has 0 amide bonds. The highest BCUT2D eigenvalue weighted by atomic mass is 32.1. The van der Waals surface area contributed by atoms with Crippen molar-refractivity contribution in [3.8, 4) is 44.5 Å². The van der Waals surface area contributed by atoms with Gasteiger partial charge in [-0.25, -0.2) is 0 Å².